The van der Waals surface area contributed by atoms with Gasteiger partial charge in [-0.25, -0.2) is 0 Å². The third-order valence-electron chi connectivity index (χ3n) is 4.37. The van der Waals surface area contributed by atoms with Crippen molar-refractivity contribution in [3.05, 3.63) is 63.7 Å². The second kappa shape index (κ2) is 8.20. The highest BCUT2D eigenvalue weighted by atomic mass is 19.3. The predicted molar refractivity (Wildman–Crippen MR) is 95.6 cm³/mol. The molecule has 1 fully saturated rings. The monoisotopic (exact) mass is 392 g/mol. The Balaban J connectivity index is 1.79. The molecule has 0 radical (unpaired) electrons. The number of carbonyl (C=O) groups excluding carboxylic acids is 1. The van der Waals surface area contributed by atoms with E-state index in [-0.39, 0.29) is 35.7 Å². The van der Waals surface area contributed by atoms with Gasteiger partial charge in [0.15, 0.2) is 11.5 Å². The molecule has 0 aliphatic heterocycles. The van der Waals surface area contributed by atoms with Crippen molar-refractivity contribution in [2.24, 2.45) is 0 Å². The highest BCUT2D eigenvalue weighted by Crippen LogP contribution is 2.33. The van der Waals surface area contributed by atoms with Crippen LogP contribution in [0.15, 0.2) is 42.5 Å². The lowest BCUT2D eigenvalue weighted by Crippen LogP contribution is -2.32. The normalized spacial score (nSPS) is 13.3. The van der Waals surface area contributed by atoms with E-state index in [0.29, 0.717) is 11.1 Å². The van der Waals surface area contributed by atoms with Gasteiger partial charge in [-0.3, -0.25) is 14.9 Å². The Bertz CT molecular complexity index is 869. The van der Waals surface area contributed by atoms with Gasteiger partial charge >= 0.3 is 6.61 Å². The number of methoxy groups -OCH3 is 1. The number of alkyl halides is 2. The number of hydrogen-bond acceptors (Lipinski definition) is 5. The van der Waals surface area contributed by atoms with Crippen LogP contribution < -0.4 is 9.47 Å². The molecule has 148 valence electrons. The number of non-ortho nitro benzene ring substituents is 1. The largest absolute Gasteiger partial charge is 0.493 e. The number of ether oxygens (including phenoxy) is 2. The van der Waals surface area contributed by atoms with Crippen molar-refractivity contribution in [3.63, 3.8) is 0 Å². The third kappa shape index (κ3) is 4.54. The molecule has 3 rings (SSSR count). The van der Waals surface area contributed by atoms with Crippen molar-refractivity contribution in [1.29, 1.82) is 0 Å². The number of nitrogens with zero attached hydrogens (tertiary/aromatic N) is 2. The SMILES string of the molecule is COc1cc(CN(C(=O)c2ccc([N+](=O)[O-])cc2)C2CC2)ccc1OC(F)F. The molecule has 2 aromatic rings. The van der Waals surface area contributed by atoms with Gasteiger partial charge in [0.1, 0.15) is 0 Å². The van der Waals surface area contributed by atoms with Crippen LogP contribution in [-0.4, -0.2) is 35.5 Å². The minimum Gasteiger partial charge on any atom is -0.493 e. The first kappa shape index (κ1) is 19.5. The van der Waals surface area contributed by atoms with Gasteiger partial charge in [0.05, 0.1) is 12.0 Å². The van der Waals surface area contributed by atoms with Crippen LogP contribution >= 0.6 is 0 Å². The summed E-state index contributed by atoms with van der Waals surface area (Å²) < 4.78 is 34.4. The maximum Gasteiger partial charge on any atom is 0.387 e. The topological polar surface area (TPSA) is 81.9 Å². The van der Waals surface area contributed by atoms with Crippen LogP contribution in [0.1, 0.15) is 28.8 Å². The summed E-state index contributed by atoms with van der Waals surface area (Å²) in [6, 6.07) is 10.0. The maximum atomic E-state index is 12.9. The van der Waals surface area contributed by atoms with Gasteiger partial charge in [-0.2, -0.15) is 8.78 Å². The van der Waals surface area contributed by atoms with Crippen molar-refractivity contribution in [3.8, 4) is 11.5 Å². The maximum absolute atomic E-state index is 12.9. The Morgan fingerprint density at radius 2 is 1.89 bits per heavy atom. The second-order valence-corrected chi connectivity index (χ2v) is 6.33. The summed E-state index contributed by atoms with van der Waals surface area (Å²) in [5.41, 5.74) is 0.955. The number of nitro groups is 1. The van der Waals surface area contributed by atoms with E-state index in [1.165, 1.54) is 37.4 Å². The molecule has 0 heterocycles. The zero-order chi connectivity index (χ0) is 20.3. The van der Waals surface area contributed by atoms with Crippen molar-refractivity contribution in [1.82, 2.24) is 4.90 Å². The molecule has 0 saturated heterocycles. The molecule has 1 aliphatic carbocycles. The lowest BCUT2D eigenvalue weighted by Gasteiger charge is -2.23. The van der Waals surface area contributed by atoms with Crippen molar-refractivity contribution < 1.29 is 28.0 Å². The molecule has 0 atom stereocenters. The fourth-order valence-electron chi connectivity index (χ4n) is 2.84. The summed E-state index contributed by atoms with van der Waals surface area (Å²) in [6.07, 6.45) is 1.73. The Morgan fingerprint density at radius 1 is 1.21 bits per heavy atom. The number of halogens is 2. The molecule has 1 amide bonds. The molecule has 0 N–H and O–H groups in total. The van der Waals surface area contributed by atoms with Crippen LogP contribution in [-0.2, 0) is 6.54 Å². The van der Waals surface area contributed by atoms with Crippen LogP contribution in [0.4, 0.5) is 14.5 Å². The summed E-state index contributed by atoms with van der Waals surface area (Å²) in [5, 5.41) is 10.8. The van der Waals surface area contributed by atoms with E-state index in [0.717, 1.165) is 12.8 Å². The van der Waals surface area contributed by atoms with Crippen LogP contribution in [0.25, 0.3) is 0 Å². The molecule has 0 spiro atoms. The summed E-state index contributed by atoms with van der Waals surface area (Å²) in [6.45, 7) is -2.71. The first-order chi connectivity index (χ1) is 13.4. The summed E-state index contributed by atoms with van der Waals surface area (Å²) in [4.78, 5) is 24.8. The third-order valence-corrected chi connectivity index (χ3v) is 4.37. The number of nitro benzene ring substituents is 1. The van der Waals surface area contributed by atoms with E-state index in [1.54, 1.807) is 17.0 Å². The van der Waals surface area contributed by atoms with Crippen molar-refractivity contribution in [2.45, 2.75) is 32.0 Å². The average molecular weight is 392 g/mol. The summed E-state index contributed by atoms with van der Waals surface area (Å²) in [7, 11) is 1.35. The Labute approximate surface area is 159 Å². The molecular weight excluding hydrogens is 374 g/mol. The van der Waals surface area contributed by atoms with Gasteiger partial charge in [0, 0.05) is 30.3 Å². The minimum atomic E-state index is -2.97. The fourth-order valence-corrected chi connectivity index (χ4v) is 2.84. The smallest absolute Gasteiger partial charge is 0.387 e. The Morgan fingerprint density at radius 3 is 2.43 bits per heavy atom. The van der Waals surface area contributed by atoms with Gasteiger partial charge in [0.2, 0.25) is 0 Å². The Hall–Kier alpha value is -3.23. The van der Waals surface area contributed by atoms with Gasteiger partial charge < -0.3 is 14.4 Å². The summed E-state index contributed by atoms with van der Waals surface area (Å²) in [5.74, 6) is -0.179. The minimum absolute atomic E-state index is 0.0747. The van der Waals surface area contributed by atoms with Gasteiger partial charge in [-0.05, 0) is 42.7 Å². The molecule has 2 aromatic carbocycles. The van der Waals surface area contributed by atoms with Crippen LogP contribution in [0, 0.1) is 10.1 Å². The molecule has 1 saturated carbocycles. The molecule has 0 unspecified atom stereocenters. The number of rotatable bonds is 8. The average Bonchev–Trinajstić information content (AvgIpc) is 3.51. The highest BCUT2D eigenvalue weighted by Gasteiger charge is 2.33. The summed E-state index contributed by atoms with van der Waals surface area (Å²) >= 11 is 0. The second-order valence-electron chi connectivity index (χ2n) is 6.33. The van der Waals surface area contributed by atoms with Gasteiger partial charge in [0.25, 0.3) is 11.6 Å². The zero-order valence-electron chi connectivity index (χ0n) is 15.0. The van der Waals surface area contributed by atoms with Crippen molar-refractivity contribution in [2.75, 3.05) is 7.11 Å². The van der Waals surface area contributed by atoms with Crippen LogP contribution in [0.3, 0.4) is 0 Å². The van der Waals surface area contributed by atoms with E-state index in [1.807, 2.05) is 0 Å². The number of hydrogen-bond donors (Lipinski definition) is 0. The van der Waals surface area contributed by atoms with E-state index in [2.05, 4.69) is 4.74 Å². The lowest BCUT2D eigenvalue weighted by atomic mass is 10.1. The molecule has 7 nitrogen and oxygen atoms in total. The van der Waals surface area contributed by atoms with E-state index in [9.17, 15) is 23.7 Å². The first-order valence-corrected chi connectivity index (χ1v) is 8.56. The first-order valence-electron chi connectivity index (χ1n) is 8.56. The zero-order valence-corrected chi connectivity index (χ0v) is 15.0. The van der Waals surface area contributed by atoms with E-state index in [4.69, 9.17) is 4.74 Å². The van der Waals surface area contributed by atoms with Crippen molar-refractivity contribution >= 4 is 11.6 Å². The molecule has 0 bridgehead atoms. The Kier molecular flexibility index (Phi) is 5.72. The highest BCUT2D eigenvalue weighted by molar-refractivity contribution is 5.94. The quantitative estimate of drug-likeness (QED) is 0.501. The van der Waals surface area contributed by atoms with Gasteiger partial charge in [-0.1, -0.05) is 6.07 Å². The molecule has 28 heavy (non-hydrogen) atoms. The molecule has 0 aromatic heterocycles. The van der Waals surface area contributed by atoms with E-state index < -0.39 is 11.5 Å². The number of carbonyl (C=O) groups is 1. The standard InChI is InChI=1S/C19H18F2N2O5/c1-27-17-10-12(2-9-16(17)28-19(20)21)11-22(14-7-8-14)18(24)13-3-5-15(6-4-13)23(25)26/h2-6,9-10,14,19H,7-8,11H2,1H3. The van der Waals surface area contributed by atoms with E-state index >= 15 is 0 Å². The van der Waals surface area contributed by atoms with Crippen LogP contribution in [0.5, 0.6) is 11.5 Å². The predicted octanol–water partition coefficient (Wildman–Crippen LogP) is 4.01. The van der Waals surface area contributed by atoms with Gasteiger partial charge in [-0.15, -0.1) is 0 Å². The molecular formula is C19H18F2N2O5. The number of benzene rings is 2. The van der Waals surface area contributed by atoms with Crippen LogP contribution in [0.2, 0.25) is 0 Å². The fraction of sp³-hybridized carbons (Fsp3) is 0.316. The number of amides is 1. The lowest BCUT2D eigenvalue weighted by molar-refractivity contribution is -0.384. The molecule has 1 aliphatic rings. The molecule has 9 heteroatoms.